The van der Waals surface area contributed by atoms with Crippen molar-refractivity contribution in [3.63, 3.8) is 0 Å². The molecule has 2 aliphatic rings. The van der Waals surface area contributed by atoms with Crippen molar-refractivity contribution >= 4 is 27.4 Å². The molecule has 4 heteroatoms. The molecule has 2 aliphatic heterocycles. The van der Waals surface area contributed by atoms with Gasteiger partial charge in [0.2, 0.25) is 0 Å². The number of fused-ring (bicyclic) bond motifs is 3. The molecule has 2 atom stereocenters. The zero-order chi connectivity index (χ0) is 12.8. The van der Waals surface area contributed by atoms with Crippen molar-refractivity contribution in [3.8, 4) is 0 Å². The third kappa shape index (κ3) is 1.94. The summed E-state index contributed by atoms with van der Waals surface area (Å²) in [6.07, 6.45) is 5.27. The van der Waals surface area contributed by atoms with Gasteiger partial charge in [-0.15, -0.1) is 0 Å². The summed E-state index contributed by atoms with van der Waals surface area (Å²) in [5, 5.41) is 6.36. The van der Waals surface area contributed by atoms with Gasteiger partial charge >= 0.3 is 0 Å². The zero-order valence-electron chi connectivity index (χ0n) is 11.2. The highest BCUT2D eigenvalue weighted by Gasteiger charge is 2.35. The predicted octanol–water partition coefficient (Wildman–Crippen LogP) is 3.02. The van der Waals surface area contributed by atoms with Gasteiger partial charge in [-0.3, -0.25) is 0 Å². The molecule has 100 valence electrons. The summed E-state index contributed by atoms with van der Waals surface area (Å²) in [5.41, 5.74) is 1.13. The van der Waals surface area contributed by atoms with Gasteiger partial charge in [0.15, 0.2) is 0 Å². The molecule has 3 heterocycles. The van der Waals surface area contributed by atoms with Crippen molar-refractivity contribution in [2.45, 2.75) is 43.8 Å². The van der Waals surface area contributed by atoms with Gasteiger partial charge < -0.3 is 10.2 Å². The lowest BCUT2D eigenvalue weighted by atomic mass is 9.98. The fourth-order valence-corrected chi connectivity index (χ4v) is 4.53. The van der Waals surface area contributed by atoms with Gasteiger partial charge in [0.1, 0.15) is 5.00 Å². The van der Waals surface area contributed by atoms with Gasteiger partial charge in [0, 0.05) is 30.6 Å². The smallest absolute Gasteiger partial charge is 0.119 e. The van der Waals surface area contributed by atoms with Gasteiger partial charge in [-0.2, -0.15) is 4.37 Å². The largest absolute Gasteiger partial charge is 0.362 e. The molecule has 2 saturated heterocycles. The van der Waals surface area contributed by atoms with E-state index in [0.29, 0.717) is 6.04 Å². The van der Waals surface area contributed by atoms with Crippen LogP contribution in [-0.2, 0) is 0 Å². The minimum atomic E-state index is 0.669. The van der Waals surface area contributed by atoms with Crippen molar-refractivity contribution in [1.29, 1.82) is 0 Å². The van der Waals surface area contributed by atoms with Crippen LogP contribution in [0.5, 0.6) is 0 Å². The van der Waals surface area contributed by atoms with Crippen LogP contribution in [0.3, 0.4) is 0 Å². The molecule has 2 aromatic rings. The number of hydrogen-bond acceptors (Lipinski definition) is 4. The number of piperidine rings is 1. The molecule has 0 aliphatic carbocycles. The molecule has 0 saturated carbocycles. The summed E-state index contributed by atoms with van der Waals surface area (Å²) >= 11 is 1.64. The van der Waals surface area contributed by atoms with Crippen molar-refractivity contribution in [2.75, 3.05) is 11.9 Å². The van der Waals surface area contributed by atoms with E-state index in [1.807, 2.05) is 0 Å². The minimum Gasteiger partial charge on any atom is -0.362 e. The van der Waals surface area contributed by atoms with Crippen LogP contribution in [-0.4, -0.2) is 29.5 Å². The summed E-state index contributed by atoms with van der Waals surface area (Å²) in [6.45, 7) is 0. The SMILES string of the molecule is CN(c1snc2ccccc12)C1CC2CCC(C1)N2. The Hall–Kier alpha value is -1.13. The van der Waals surface area contributed by atoms with Gasteiger partial charge in [0.05, 0.1) is 5.52 Å². The maximum Gasteiger partial charge on any atom is 0.119 e. The Kier molecular flexibility index (Phi) is 2.74. The number of aromatic nitrogens is 1. The molecule has 2 unspecified atom stereocenters. The fourth-order valence-electron chi connectivity index (χ4n) is 3.64. The second-order valence-electron chi connectivity index (χ2n) is 5.88. The van der Waals surface area contributed by atoms with Crippen molar-refractivity contribution in [3.05, 3.63) is 24.3 Å². The van der Waals surface area contributed by atoms with Gasteiger partial charge in [-0.1, -0.05) is 12.1 Å². The standard InChI is InChI=1S/C15H19N3S/c1-18(12-8-10-6-7-11(9-12)16-10)15-13-4-2-3-5-14(13)17-19-15/h2-5,10-12,16H,6-9H2,1H3. The third-order valence-corrected chi connectivity index (χ3v) is 5.65. The van der Waals surface area contributed by atoms with Crippen molar-refractivity contribution in [1.82, 2.24) is 9.69 Å². The maximum absolute atomic E-state index is 4.57. The summed E-state index contributed by atoms with van der Waals surface area (Å²) in [7, 11) is 2.25. The van der Waals surface area contributed by atoms with Gasteiger partial charge in [0.25, 0.3) is 0 Å². The molecule has 0 spiro atoms. The number of anilines is 1. The number of benzene rings is 1. The molecule has 19 heavy (non-hydrogen) atoms. The van der Waals surface area contributed by atoms with Crippen LogP contribution in [0.1, 0.15) is 25.7 Å². The van der Waals surface area contributed by atoms with Gasteiger partial charge in [-0.05, 0) is 49.3 Å². The van der Waals surface area contributed by atoms with E-state index in [9.17, 15) is 0 Å². The Morgan fingerprint density at radius 1 is 1.21 bits per heavy atom. The first kappa shape index (κ1) is 11.7. The van der Waals surface area contributed by atoms with E-state index in [0.717, 1.165) is 17.6 Å². The zero-order valence-corrected chi connectivity index (χ0v) is 12.0. The molecule has 1 aromatic heterocycles. The molecule has 3 nitrogen and oxygen atoms in total. The molecule has 1 aromatic carbocycles. The molecule has 0 amide bonds. The monoisotopic (exact) mass is 273 g/mol. The lowest BCUT2D eigenvalue weighted by Gasteiger charge is -2.36. The molecule has 4 rings (SSSR count). The van der Waals surface area contributed by atoms with Crippen LogP contribution in [0.25, 0.3) is 10.9 Å². The minimum absolute atomic E-state index is 0.669. The topological polar surface area (TPSA) is 28.2 Å². The highest BCUT2D eigenvalue weighted by molar-refractivity contribution is 7.11. The first-order valence-corrected chi connectivity index (χ1v) is 7.92. The van der Waals surface area contributed by atoms with E-state index < -0.39 is 0 Å². The third-order valence-electron chi connectivity index (χ3n) is 4.68. The normalized spacial score (nSPS) is 29.8. The van der Waals surface area contributed by atoms with Crippen LogP contribution < -0.4 is 10.2 Å². The maximum atomic E-state index is 4.57. The fraction of sp³-hybridized carbons (Fsp3) is 0.533. The molecule has 0 radical (unpaired) electrons. The average molecular weight is 273 g/mol. The number of nitrogens with one attached hydrogen (secondary N) is 1. The Labute approximate surface area is 117 Å². The van der Waals surface area contributed by atoms with Crippen LogP contribution in [0, 0.1) is 0 Å². The lowest BCUT2D eigenvalue weighted by Crippen LogP contribution is -2.46. The Morgan fingerprint density at radius 2 is 1.95 bits per heavy atom. The molecular formula is C15H19N3S. The quantitative estimate of drug-likeness (QED) is 0.911. The highest BCUT2D eigenvalue weighted by atomic mass is 32.1. The van der Waals surface area contributed by atoms with Gasteiger partial charge in [-0.25, -0.2) is 0 Å². The number of rotatable bonds is 2. The van der Waals surface area contributed by atoms with Crippen LogP contribution in [0.2, 0.25) is 0 Å². The Bertz CT molecular complexity index is 582. The first-order chi connectivity index (χ1) is 9.31. The second-order valence-corrected chi connectivity index (χ2v) is 6.63. The van der Waals surface area contributed by atoms with Crippen molar-refractivity contribution < 1.29 is 0 Å². The predicted molar refractivity (Wildman–Crippen MR) is 81.0 cm³/mol. The molecule has 2 bridgehead atoms. The molecule has 1 N–H and O–H groups in total. The summed E-state index contributed by atoms with van der Waals surface area (Å²) in [6, 6.07) is 10.6. The average Bonchev–Trinajstić information content (AvgIpc) is 3.01. The van der Waals surface area contributed by atoms with E-state index in [1.165, 1.54) is 36.1 Å². The van der Waals surface area contributed by atoms with Crippen molar-refractivity contribution in [2.24, 2.45) is 0 Å². The highest BCUT2D eigenvalue weighted by Crippen LogP contribution is 2.36. The summed E-state index contributed by atoms with van der Waals surface area (Å²) in [5.74, 6) is 0. The summed E-state index contributed by atoms with van der Waals surface area (Å²) < 4.78 is 4.57. The van der Waals surface area contributed by atoms with E-state index in [2.05, 4.69) is 45.9 Å². The van der Waals surface area contributed by atoms with E-state index in [1.54, 1.807) is 11.5 Å². The Balaban J connectivity index is 1.64. The van der Waals surface area contributed by atoms with E-state index in [-0.39, 0.29) is 0 Å². The molecular weight excluding hydrogens is 254 g/mol. The molecule has 2 fully saturated rings. The Morgan fingerprint density at radius 3 is 2.74 bits per heavy atom. The van der Waals surface area contributed by atoms with E-state index in [4.69, 9.17) is 0 Å². The van der Waals surface area contributed by atoms with Crippen LogP contribution in [0.4, 0.5) is 5.00 Å². The van der Waals surface area contributed by atoms with E-state index >= 15 is 0 Å². The van der Waals surface area contributed by atoms with Crippen LogP contribution in [0.15, 0.2) is 24.3 Å². The summed E-state index contributed by atoms with van der Waals surface area (Å²) in [4.78, 5) is 2.48. The lowest BCUT2D eigenvalue weighted by molar-refractivity contribution is 0.356. The van der Waals surface area contributed by atoms with Crippen LogP contribution >= 0.6 is 11.5 Å². The first-order valence-electron chi connectivity index (χ1n) is 7.14. The second kappa shape index (κ2) is 4.46. The number of hydrogen-bond donors (Lipinski definition) is 1. The number of nitrogens with zero attached hydrogens (tertiary/aromatic N) is 2.